The van der Waals surface area contributed by atoms with Crippen molar-refractivity contribution in [1.82, 2.24) is 15.0 Å². The molecule has 6 nitrogen and oxygen atoms in total. The Kier molecular flexibility index (Phi) is 3.57. The maximum atomic E-state index is 11.1. The molecule has 22 heavy (non-hydrogen) atoms. The number of hydrogen-bond acceptors (Lipinski definition) is 4. The number of anilines is 2. The summed E-state index contributed by atoms with van der Waals surface area (Å²) in [4.78, 5) is 22.8. The zero-order chi connectivity index (χ0) is 15.5. The highest BCUT2D eigenvalue weighted by Gasteiger charge is 2.09. The molecule has 0 radical (unpaired) electrons. The van der Waals surface area contributed by atoms with Crippen molar-refractivity contribution in [2.24, 2.45) is 0 Å². The van der Waals surface area contributed by atoms with E-state index in [1.165, 1.54) is 6.92 Å². The fraction of sp³-hybridized carbons (Fsp3) is 0.0625. The number of carbonyl (C=O) groups excluding carboxylic acids is 1. The maximum absolute atomic E-state index is 11.1. The number of nitrogens with one attached hydrogen (secondary N) is 2. The molecule has 1 amide bonds. The lowest BCUT2D eigenvalue weighted by Gasteiger charge is -2.04. The fourth-order valence-corrected chi connectivity index (χ4v) is 2.19. The highest BCUT2D eigenvalue weighted by atomic mass is 16.1. The number of nitrogens with two attached hydrogens (primary N) is 1. The van der Waals surface area contributed by atoms with Gasteiger partial charge in [-0.3, -0.25) is 4.79 Å². The molecule has 0 fully saturated rings. The quantitative estimate of drug-likeness (QED) is 0.691. The molecule has 0 atom stereocenters. The highest BCUT2D eigenvalue weighted by molar-refractivity contribution is 5.89. The van der Waals surface area contributed by atoms with E-state index < -0.39 is 0 Å². The van der Waals surface area contributed by atoms with Crippen LogP contribution >= 0.6 is 0 Å². The molecule has 0 saturated carbocycles. The molecule has 3 rings (SSSR count). The predicted octanol–water partition coefficient (Wildman–Crippen LogP) is 2.68. The molecule has 6 heteroatoms. The average Bonchev–Trinajstić information content (AvgIpc) is 2.97. The lowest BCUT2D eigenvalue weighted by molar-refractivity contribution is -0.114. The first-order chi connectivity index (χ1) is 10.6. The molecule has 0 aliphatic carbocycles. The molecule has 2 heterocycles. The van der Waals surface area contributed by atoms with Crippen molar-refractivity contribution in [3.63, 3.8) is 0 Å². The molecular formula is C16H15N5O. The lowest BCUT2D eigenvalue weighted by atomic mass is 10.1. The van der Waals surface area contributed by atoms with Crippen LogP contribution in [0.1, 0.15) is 6.92 Å². The van der Waals surface area contributed by atoms with Crippen LogP contribution in [0.4, 0.5) is 11.5 Å². The lowest BCUT2D eigenvalue weighted by Crippen LogP contribution is -2.05. The maximum Gasteiger partial charge on any atom is 0.221 e. The van der Waals surface area contributed by atoms with Gasteiger partial charge >= 0.3 is 0 Å². The average molecular weight is 293 g/mol. The number of aromatic amines is 1. The van der Waals surface area contributed by atoms with E-state index in [1.807, 2.05) is 36.4 Å². The van der Waals surface area contributed by atoms with Crippen molar-refractivity contribution in [2.45, 2.75) is 6.92 Å². The summed E-state index contributed by atoms with van der Waals surface area (Å²) >= 11 is 0. The molecule has 0 spiro atoms. The van der Waals surface area contributed by atoms with Gasteiger partial charge in [0.25, 0.3) is 0 Å². The van der Waals surface area contributed by atoms with E-state index in [9.17, 15) is 4.79 Å². The molecule has 0 unspecified atom stereocenters. The van der Waals surface area contributed by atoms with E-state index in [-0.39, 0.29) is 5.91 Å². The van der Waals surface area contributed by atoms with Crippen LogP contribution in [0.5, 0.6) is 0 Å². The van der Waals surface area contributed by atoms with Gasteiger partial charge in [0.05, 0.1) is 17.5 Å². The van der Waals surface area contributed by atoms with E-state index in [1.54, 1.807) is 12.4 Å². The topological polar surface area (TPSA) is 96.7 Å². The summed E-state index contributed by atoms with van der Waals surface area (Å²) in [6.07, 6.45) is 3.37. The van der Waals surface area contributed by atoms with Crippen LogP contribution in [0.25, 0.3) is 22.6 Å². The highest BCUT2D eigenvalue weighted by Crippen LogP contribution is 2.26. The van der Waals surface area contributed by atoms with Crippen LogP contribution in [0.2, 0.25) is 0 Å². The minimum atomic E-state index is -0.106. The summed E-state index contributed by atoms with van der Waals surface area (Å²) < 4.78 is 0. The third-order valence-corrected chi connectivity index (χ3v) is 3.16. The standard InChI is InChI=1S/C16H15N5O/c1-10(22)20-12-5-2-4-11(8-12)14-9-19-16(21-14)13-6-3-7-18-15(13)17/h2-9H,1H3,(H2,17,18)(H,19,21)(H,20,22). The summed E-state index contributed by atoms with van der Waals surface area (Å²) in [6, 6.07) is 11.2. The second kappa shape index (κ2) is 5.69. The summed E-state index contributed by atoms with van der Waals surface area (Å²) in [5.41, 5.74) is 9.12. The monoisotopic (exact) mass is 293 g/mol. The first kappa shape index (κ1) is 13.8. The van der Waals surface area contributed by atoms with E-state index in [0.29, 0.717) is 11.6 Å². The van der Waals surface area contributed by atoms with Crippen LogP contribution in [-0.2, 0) is 4.79 Å². The Morgan fingerprint density at radius 1 is 1.23 bits per heavy atom. The van der Waals surface area contributed by atoms with Gasteiger partial charge in [-0.05, 0) is 24.3 Å². The number of amides is 1. The van der Waals surface area contributed by atoms with Crippen molar-refractivity contribution in [3.8, 4) is 22.6 Å². The Bertz CT molecular complexity index is 825. The van der Waals surface area contributed by atoms with Crippen LogP contribution in [0.3, 0.4) is 0 Å². The molecule has 0 saturated heterocycles. The Hall–Kier alpha value is -3.15. The number of imidazole rings is 1. The first-order valence-corrected chi connectivity index (χ1v) is 6.77. The van der Waals surface area contributed by atoms with Gasteiger partial charge in [0, 0.05) is 24.4 Å². The molecular weight excluding hydrogens is 278 g/mol. The van der Waals surface area contributed by atoms with Gasteiger partial charge in [-0.1, -0.05) is 12.1 Å². The number of aromatic nitrogens is 3. The number of benzene rings is 1. The van der Waals surface area contributed by atoms with Crippen molar-refractivity contribution in [3.05, 3.63) is 48.8 Å². The van der Waals surface area contributed by atoms with E-state index in [2.05, 4.69) is 20.3 Å². The van der Waals surface area contributed by atoms with Crippen LogP contribution in [0.15, 0.2) is 48.8 Å². The van der Waals surface area contributed by atoms with Gasteiger partial charge in [0.2, 0.25) is 5.91 Å². The zero-order valence-corrected chi connectivity index (χ0v) is 12.0. The van der Waals surface area contributed by atoms with Crippen molar-refractivity contribution < 1.29 is 4.79 Å². The fourth-order valence-electron chi connectivity index (χ4n) is 2.19. The van der Waals surface area contributed by atoms with Crippen LogP contribution in [-0.4, -0.2) is 20.9 Å². The summed E-state index contributed by atoms with van der Waals surface area (Å²) in [7, 11) is 0. The van der Waals surface area contributed by atoms with Gasteiger partial charge in [-0.25, -0.2) is 9.97 Å². The molecule has 3 aromatic rings. The second-order valence-corrected chi connectivity index (χ2v) is 4.84. The Morgan fingerprint density at radius 3 is 2.86 bits per heavy atom. The van der Waals surface area contributed by atoms with Crippen LogP contribution in [0, 0.1) is 0 Å². The van der Waals surface area contributed by atoms with Gasteiger partial charge < -0.3 is 16.0 Å². The minimum Gasteiger partial charge on any atom is -0.383 e. The second-order valence-electron chi connectivity index (χ2n) is 4.84. The SMILES string of the molecule is CC(=O)Nc1cccc(-c2cnc(-c3cccnc3N)[nH]2)c1. The Balaban J connectivity index is 1.94. The number of carbonyl (C=O) groups is 1. The van der Waals surface area contributed by atoms with E-state index in [0.717, 1.165) is 22.5 Å². The summed E-state index contributed by atoms with van der Waals surface area (Å²) in [5.74, 6) is 0.978. The van der Waals surface area contributed by atoms with Gasteiger partial charge in [-0.2, -0.15) is 0 Å². The third-order valence-electron chi connectivity index (χ3n) is 3.16. The van der Waals surface area contributed by atoms with Crippen molar-refractivity contribution in [2.75, 3.05) is 11.1 Å². The van der Waals surface area contributed by atoms with E-state index in [4.69, 9.17) is 5.73 Å². The smallest absolute Gasteiger partial charge is 0.221 e. The van der Waals surface area contributed by atoms with Crippen molar-refractivity contribution in [1.29, 1.82) is 0 Å². The number of hydrogen-bond donors (Lipinski definition) is 3. The number of rotatable bonds is 3. The Labute approximate surface area is 127 Å². The first-order valence-electron chi connectivity index (χ1n) is 6.77. The van der Waals surface area contributed by atoms with Gasteiger partial charge in [-0.15, -0.1) is 0 Å². The van der Waals surface area contributed by atoms with E-state index >= 15 is 0 Å². The largest absolute Gasteiger partial charge is 0.383 e. The number of pyridine rings is 1. The Morgan fingerprint density at radius 2 is 2.09 bits per heavy atom. The molecule has 0 bridgehead atoms. The molecule has 0 aliphatic heterocycles. The number of H-pyrrole nitrogens is 1. The summed E-state index contributed by atoms with van der Waals surface area (Å²) in [5, 5.41) is 2.76. The van der Waals surface area contributed by atoms with Crippen molar-refractivity contribution >= 4 is 17.4 Å². The minimum absolute atomic E-state index is 0.106. The predicted molar refractivity (Wildman–Crippen MR) is 86.0 cm³/mol. The number of nitrogen functional groups attached to an aromatic ring is 1. The van der Waals surface area contributed by atoms with Crippen LogP contribution < -0.4 is 11.1 Å². The summed E-state index contributed by atoms with van der Waals surface area (Å²) in [6.45, 7) is 1.48. The zero-order valence-electron chi connectivity index (χ0n) is 12.0. The molecule has 4 N–H and O–H groups in total. The number of nitrogens with zero attached hydrogens (tertiary/aromatic N) is 2. The van der Waals surface area contributed by atoms with Gasteiger partial charge in [0.15, 0.2) is 0 Å². The molecule has 0 aliphatic rings. The van der Waals surface area contributed by atoms with Gasteiger partial charge in [0.1, 0.15) is 11.6 Å². The molecule has 1 aromatic carbocycles. The third kappa shape index (κ3) is 2.80. The molecule has 110 valence electrons. The normalized spacial score (nSPS) is 10.4. The molecule has 2 aromatic heterocycles.